The van der Waals surface area contributed by atoms with Crippen LogP contribution < -0.4 is 5.32 Å². The van der Waals surface area contributed by atoms with Crippen molar-refractivity contribution in [2.24, 2.45) is 0 Å². The largest absolute Gasteiger partial charge is 0.300 e. The maximum absolute atomic E-state index is 12.2. The first-order valence-electron chi connectivity index (χ1n) is 8.11. The Morgan fingerprint density at radius 2 is 1.67 bits per heavy atom. The summed E-state index contributed by atoms with van der Waals surface area (Å²) in [5, 5.41) is 11.8. The zero-order valence-corrected chi connectivity index (χ0v) is 16.7. The van der Waals surface area contributed by atoms with Gasteiger partial charge in [0.05, 0.1) is 16.4 Å². The molecule has 0 radical (unpaired) electrons. The Kier molecular flexibility index (Phi) is 6.59. The first-order valence-corrected chi connectivity index (χ1v) is 11.6. The van der Waals surface area contributed by atoms with Crippen molar-refractivity contribution in [3.05, 3.63) is 65.7 Å². The highest BCUT2D eigenvalue weighted by Crippen LogP contribution is 2.25. The highest BCUT2D eigenvalue weighted by atomic mass is 32.2. The highest BCUT2D eigenvalue weighted by molar-refractivity contribution is 7.98. The van der Waals surface area contributed by atoms with Gasteiger partial charge in [-0.05, 0) is 24.3 Å². The molecule has 1 aromatic heterocycles. The highest BCUT2D eigenvalue weighted by Gasteiger charge is 2.17. The van der Waals surface area contributed by atoms with Crippen molar-refractivity contribution in [3.63, 3.8) is 0 Å². The van der Waals surface area contributed by atoms with E-state index < -0.39 is 15.7 Å². The molecule has 0 saturated heterocycles. The summed E-state index contributed by atoms with van der Waals surface area (Å²) in [5.41, 5.74) is 0. The van der Waals surface area contributed by atoms with Gasteiger partial charge in [-0.25, -0.2) is 8.42 Å². The quantitative estimate of drug-likeness (QED) is 0.561. The molecule has 3 aromatic rings. The van der Waals surface area contributed by atoms with Crippen molar-refractivity contribution in [1.82, 2.24) is 10.2 Å². The van der Waals surface area contributed by atoms with Crippen molar-refractivity contribution in [3.8, 4) is 0 Å². The summed E-state index contributed by atoms with van der Waals surface area (Å²) in [5.74, 6) is 0.00565. The monoisotopic (exact) mass is 419 g/mol. The summed E-state index contributed by atoms with van der Waals surface area (Å²) in [4.78, 5) is 13.4. The number of anilines is 1. The molecule has 0 spiro atoms. The van der Waals surface area contributed by atoms with Gasteiger partial charge in [-0.1, -0.05) is 47.7 Å². The minimum absolute atomic E-state index is 0.134. The van der Waals surface area contributed by atoms with Crippen LogP contribution in [0, 0.1) is 0 Å². The lowest BCUT2D eigenvalue weighted by atomic mass is 10.4. The molecule has 9 heteroatoms. The maximum Gasteiger partial charge on any atom is 0.227 e. The number of aromatic nitrogens is 2. The first-order chi connectivity index (χ1) is 13.0. The number of amides is 1. The maximum atomic E-state index is 12.2. The second-order valence-corrected chi connectivity index (χ2v) is 9.75. The Labute approximate surface area is 166 Å². The summed E-state index contributed by atoms with van der Waals surface area (Å²) in [7, 11) is -3.48. The van der Waals surface area contributed by atoms with Gasteiger partial charge < -0.3 is 5.32 Å². The zero-order valence-electron chi connectivity index (χ0n) is 14.2. The summed E-state index contributed by atoms with van der Waals surface area (Å²) in [6.07, 6.45) is -0.134. The lowest BCUT2D eigenvalue weighted by Gasteiger charge is -2.04. The van der Waals surface area contributed by atoms with Crippen LogP contribution in [0.25, 0.3) is 0 Å². The van der Waals surface area contributed by atoms with Gasteiger partial charge in [-0.3, -0.25) is 4.79 Å². The van der Waals surface area contributed by atoms with Crippen LogP contribution in [0.5, 0.6) is 0 Å². The smallest absolute Gasteiger partial charge is 0.227 e. The summed E-state index contributed by atoms with van der Waals surface area (Å²) < 4.78 is 24.4. The van der Waals surface area contributed by atoms with Gasteiger partial charge in [-0.2, -0.15) is 0 Å². The molecule has 0 bridgehead atoms. The van der Waals surface area contributed by atoms with Gasteiger partial charge in [0.25, 0.3) is 0 Å². The fraction of sp³-hybridized carbons (Fsp3) is 0.167. The van der Waals surface area contributed by atoms with Crippen LogP contribution in [0.1, 0.15) is 11.4 Å². The van der Waals surface area contributed by atoms with Gasteiger partial charge in [0.15, 0.2) is 9.84 Å². The number of nitrogens with zero attached hydrogens (tertiary/aromatic N) is 2. The number of carbonyl (C=O) groups excluding carboxylic acids is 1. The predicted octanol–water partition coefficient (Wildman–Crippen LogP) is 3.63. The van der Waals surface area contributed by atoms with Gasteiger partial charge in [0.1, 0.15) is 5.01 Å². The average molecular weight is 420 g/mol. The van der Waals surface area contributed by atoms with Gasteiger partial charge in [0.2, 0.25) is 11.0 Å². The van der Waals surface area contributed by atoms with E-state index in [1.165, 1.54) is 23.5 Å². The number of carbonyl (C=O) groups is 1. The molecule has 0 atom stereocenters. The fourth-order valence-electron chi connectivity index (χ4n) is 2.18. The van der Waals surface area contributed by atoms with Crippen LogP contribution in [-0.4, -0.2) is 30.3 Å². The molecule has 1 amide bonds. The molecule has 2 aromatic carbocycles. The van der Waals surface area contributed by atoms with Crippen molar-refractivity contribution in [1.29, 1.82) is 0 Å². The van der Waals surface area contributed by atoms with Crippen LogP contribution in [0.3, 0.4) is 0 Å². The molecule has 0 saturated carbocycles. The number of rotatable bonds is 8. The molecule has 0 aliphatic heterocycles. The Balaban J connectivity index is 1.49. The molecular weight excluding hydrogens is 402 g/mol. The first kappa shape index (κ1) is 19.5. The van der Waals surface area contributed by atoms with Crippen LogP contribution in [0.15, 0.2) is 70.5 Å². The van der Waals surface area contributed by atoms with Crippen molar-refractivity contribution in [2.75, 3.05) is 11.1 Å². The number of sulfone groups is 1. The zero-order chi connectivity index (χ0) is 19.1. The van der Waals surface area contributed by atoms with Gasteiger partial charge in [0, 0.05) is 11.3 Å². The molecule has 0 unspecified atom stereocenters. The minimum Gasteiger partial charge on any atom is -0.300 e. The normalized spacial score (nSPS) is 11.3. The van der Waals surface area contributed by atoms with Crippen molar-refractivity contribution in [2.45, 2.75) is 22.0 Å². The molecule has 27 heavy (non-hydrogen) atoms. The standard InChI is InChI=1S/C18H17N3O3S3/c22-16(11-12-27(23,24)15-9-5-2-6-10-15)19-18-21-20-17(26-18)13-25-14-7-3-1-4-8-14/h1-10H,11-13H2,(H,19,21,22). The van der Waals surface area contributed by atoms with Gasteiger partial charge >= 0.3 is 0 Å². The molecule has 1 heterocycles. The average Bonchev–Trinajstić information content (AvgIpc) is 3.14. The van der Waals surface area contributed by atoms with E-state index in [1.54, 1.807) is 30.0 Å². The molecule has 6 nitrogen and oxygen atoms in total. The van der Waals surface area contributed by atoms with E-state index in [4.69, 9.17) is 0 Å². The fourth-order valence-corrected chi connectivity index (χ4v) is 5.10. The number of benzene rings is 2. The van der Waals surface area contributed by atoms with E-state index in [-0.39, 0.29) is 17.1 Å². The van der Waals surface area contributed by atoms with Crippen molar-refractivity contribution >= 4 is 44.0 Å². The molecule has 0 aliphatic carbocycles. The SMILES string of the molecule is O=C(CCS(=O)(=O)c1ccccc1)Nc1nnc(CSc2ccccc2)s1. The molecule has 1 N–H and O–H groups in total. The number of nitrogens with one attached hydrogen (secondary N) is 1. The van der Waals surface area contributed by atoms with E-state index in [0.717, 1.165) is 9.90 Å². The van der Waals surface area contributed by atoms with Crippen molar-refractivity contribution < 1.29 is 13.2 Å². The number of hydrogen-bond donors (Lipinski definition) is 1. The molecule has 0 fully saturated rings. The molecule has 140 valence electrons. The van der Waals surface area contributed by atoms with Gasteiger partial charge in [-0.15, -0.1) is 22.0 Å². The minimum atomic E-state index is -3.48. The van der Waals surface area contributed by atoms with Crippen LogP contribution in [0.4, 0.5) is 5.13 Å². The molecule has 0 aliphatic rings. The van der Waals surface area contributed by atoms with Crippen LogP contribution in [-0.2, 0) is 20.4 Å². The number of hydrogen-bond acceptors (Lipinski definition) is 7. The van der Waals surface area contributed by atoms with E-state index in [2.05, 4.69) is 15.5 Å². The van der Waals surface area contributed by atoms with Crippen LogP contribution in [0.2, 0.25) is 0 Å². The Hall–Kier alpha value is -2.23. The van der Waals surface area contributed by atoms with Crippen LogP contribution >= 0.6 is 23.1 Å². The summed E-state index contributed by atoms with van der Waals surface area (Å²) in [6, 6.07) is 18.0. The third-order valence-corrected chi connectivity index (χ3v) is 7.30. The third-order valence-electron chi connectivity index (χ3n) is 3.52. The Morgan fingerprint density at radius 3 is 2.37 bits per heavy atom. The second kappa shape index (κ2) is 9.12. The second-order valence-electron chi connectivity index (χ2n) is 5.53. The van der Waals surface area contributed by atoms with E-state index in [0.29, 0.717) is 10.9 Å². The van der Waals surface area contributed by atoms with E-state index >= 15 is 0 Å². The molecule has 3 rings (SSSR count). The van der Waals surface area contributed by atoms with E-state index in [1.807, 2.05) is 30.3 Å². The lowest BCUT2D eigenvalue weighted by molar-refractivity contribution is -0.115. The predicted molar refractivity (Wildman–Crippen MR) is 108 cm³/mol. The van der Waals surface area contributed by atoms with E-state index in [9.17, 15) is 13.2 Å². The summed E-state index contributed by atoms with van der Waals surface area (Å²) in [6.45, 7) is 0. The summed E-state index contributed by atoms with van der Waals surface area (Å²) >= 11 is 2.92. The topological polar surface area (TPSA) is 89.0 Å². The lowest BCUT2D eigenvalue weighted by Crippen LogP contribution is -2.17. The molecular formula is C18H17N3O3S3. The third kappa shape index (κ3) is 5.88. The Bertz CT molecular complexity index is 990. The Morgan fingerprint density at radius 1 is 1.00 bits per heavy atom. The number of thioether (sulfide) groups is 1.